The number of halogens is 2. The molecule has 0 aliphatic heterocycles. The number of hydrogen-bond donors (Lipinski definition) is 1. The zero-order chi connectivity index (χ0) is 17.0. The smallest absolute Gasteiger partial charge is 0.341 e. The lowest BCUT2D eigenvalue weighted by molar-refractivity contribution is 0.0467. The van der Waals surface area contributed by atoms with Gasteiger partial charge in [0.25, 0.3) is 0 Å². The van der Waals surface area contributed by atoms with E-state index in [0.717, 1.165) is 28.2 Å². The second-order valence-electron chi connectivity index (χ2n) is 4.55. The van der Waals surface area contributed by atoms with Gasteiger partial charge < -0.3 is 4.74 Å². The first-order valence-corrected chi connectivity index (χ1v) is 8.76. The van der Waals surface area contributed by atoms with Gasteiger partial charge in [0.05, 0.1) is 10.5 Å². The highest BCUT2D eigenvalue weighted by molar-refractivity contribution is 9.10. The molecular weight excluding hydrogens is 389 g/mol. The number of ether oxygens (including phenoxy) is 1. The SMILES string of the molecule is CNS(=O)(=O)c1ccc(F)c(C(=O)OCc2ccc(Br)cc2)c1. The number of hydrogen-bond acceptors (Lipinski definition) is 4. The maximum atomic E-state index is 13.8. The van der Waals surface area contributed by atoms with Crippen LogP contribution in [0.1, 0.15) is 15.9 Å². The molecule has 0 aliphatic carbocycles. The van der Waals surface area contributed by atoms with Gasteiger partial charge in [0.15, 0.2) is 0 Å². The lowest BCUT2D eigenvalue weighted by atomic mass is 10.2. The number of carbonyl (C=O) groups is 1. The van der Waals surface area contributed by atoms with E-state index in [1.165, 1.54) is 7.05 Å². The Morgan fingerprint density at radius 2 is 1.87 bits per heavy atom. The van der Waals surface area contributed by atoms with Crippen LogP contribution < -0.4 is 4.72 Å². The zero-order valence-electron chi connectivity index (χ0n) is 12.0. The first kappa shape index (κ1) is 17.6. The fourth-order valence-corrected chi connectivity index (χ4v) is 2.77. The van der Waals surface area contributed by atoms with Gasteiger partial charge >= 0.3 is 5.97 Å². The lowest BCUT2D eigenvalue weighted by Crippen LogP contribution is -2.19. The van der Waals surface area contributed by atoms with Gasteiger partial charge in [-0.1, -0.05) is 28.1 Å². The third-order valence-corrected chi connectivity index (χ3v) is 4.96. The van der Waals surface area contributed by atoms with Gasteiger partial charge in [-0.25, -0.2) is 22.3 Å². The Kier molecular flexibility index (Phi) is 5.51. The summed E-state index contributed by atoms with van der Waals surface area (Å²) in [5, 5.41) is 0. The first-order chi connectivity index (χ1) is 10.8. The predicted octanol–water partition coefficient (Wildman–Crippen LogP) is 2.85. The van der Waals surface area contributed by atoms with Crippen molar-refractivity contribution in [3.63, 3.8) is 0 Å². The summed E-state index contributed by atoms with van der Waals surface area (Å²) >= 11 is 3.28. The van der Waals surface area contributed by atoms with Crippen molar-refractivity contribution in [1.82, 2.24) is 4.72 Å². The van der Waals surface area contributed by atoms with Crippen LogP contribution in [0.4, 0.5) is 4.39 Å². The summed E-state index contributed by atoms with van der Waals surface area (Å²) < 4.78 is 45.2. The van der Waals surface area contributed by atoms with Gasteiger partial charge in [-0.2, -0.15) is 0 Å². The molecule has 122 valence electrons. The molecule has 0 unspecified atom stereocenters. The van der Waals surface area contributed by atoms with E-state index in [0.29, 0.717) is 0 Å². The highest BCUT2D eigenvalue weighted by atomic mass is 79.9. The molecule has 2 aromatic rings. The summed E-state index contributed by atoms with van der Waals surface area (Å²) in [5.74, 6) is -1.78. The maximum Gasteiger partial charge on any atom is 0.341 e. The molecule has 0 fully saturated rings. The molecule has 8 heteroatoms. The second-order valence-corrected chi connectivity index (χ2v) is 7.35. The molecule has 5 nitrogen and oxygen atoms in total. The Labute approximate surface area is 141 Å². The molecule has 0 aromatic heterocycles. The van der Waals surface area contributed by atoms with Crippen LogP contribution in [-0.2, 0) is 21.4 Å². The topological polar surface area (TPSA) is 72.5 Å². The van der Waals surface area contributed by atoms with Crippen LogP contribution in [0.25, 0.3) is 0 Å². The van der Waals surface area contributed by atoms with E-state index >= 15 is 0 Å². The summed E-state index contributed by atoms with van der Waals surface area (Å²) in [5.41, 5.74) is 0.291. The normalized spacial score (nSPS) is 11.3. The zero-order valence-corrected chi connectivity index (χ0v) is 14.4. The average molecular weight is 402 g/mol. The van der Waals surface area contributed by atoms with Crippen LogP contribution in [0.3, 0.4) is 0 Å². The quantitative estimate of drug-likeness (QED) is 0.781. The van der Waals surface area contributed by atoms with Gasteiger partial charge in [0.1, 0.15) is 12.4 Å². The van der Waals surface area contributed by atoms with Crippen molar-refractivity contribution in [3.8, 4) is 0 Å². The molecule has 1 N–H and O–H groups in total. The van der Waals surface area contributed by atoms with Crippen molar-refractivity contribution < 1.29 is 22.3 Å². The molecule has 2 aromatic carbocycles. The molecular formula is C15H13BrFNO4S. The maximum absolute atomic E-state index is 13.8. The van der Waals surface area contributed by atoms with Gasteiger partial charge in [0.2, 0.25) is 10.0 Å². The molecule has 0 atom stereocenters. The van der Waals surface area contributed by atoms with Crippen LogP contribution in [0.15, 0.2) is 51.8 Å². The number of esters is 1. The van der Waals surface area contributed by atoms with Crippen LogP contribution in [-0.4, -0.2) is 21.4 Å². The van der Waals surface area contributed by atoms with Crippen molar-refractivity contribution in [2.75, 3.05) is 7.05 Å². The van der Waals surface area contributed by atoms with Crippen molar-refractivity contribution in [3.05, 3.63) is 63.9 Å². The molecule has 0 spiro atoms. The van der Waals surface area contributed by atoms with Crippen LogP contribution in [0.5, 0.6) is 0 Å². The number of sulfonamides is 1. The largest absolute Gasteiger partial charge is 0.457 e. The molecule has 0 aliphatic rings. The number of benzene rings is 2. The minimum atomic E-state index is -3.77. The second kappa shape index (κ2) is 7.20. The standard InChI is InChI=1S/C15H13BrFNO4S/c1-18-23(20,21)12-6-7-14(17)13(8-12)15(19)22-9-10-2-4-11(16)5-3-10/h2-8,18H,9H2,1H3. The van der Waals surface area contributed by atoms with E-state index in [-0.39, 0.29) is 11.5 Å². The monoisotopic (exact) mass is 401 g/mol. The summed E-state index contributed by atoms with van der Waals surface area (Å²) in [6.07, 6.45) is 0. The van der Waals surface area contributed by atoms with Crippen LogP contribution >= 0.6 is 15.9 Å². The summed E-state index contributed by atoms with van der Waals surface area (Å²) in [6.45, 7) is -0.0471. The molecule has 0 heterocycles. The summed E-state index contributed by atoms with van der Waals surface area (Å²) in [6, 6.07) is 10.00. The highest BCUT2D eigenvalue weighted by Crippen LogP contribution is 2.17. The van der Waals surface area contributed by atoms with Crippen molar-refractivity contribution in [2.45, 2.75) is 11.5 Å². The minimum absolute atomic E-state index is 0.0471. The molecule has 0 radical (unpaired) electrons. The number of rotatable bonds is 5. The lowest BCUT2D eigenvalue weighted by Gasteiger charge is -2.08. The van der Waals surface area contributed by atoms with E-state index in [1.54, 1.807) is 24.3 Å². The predicted molar refractivity (Wildman–Crippen MR) is 85.9 cm³/mol. The van der Waals surface area contributed by atoms with E-state index in [1.807, 2.05) is 0 Å². The Morgan fingerprint density at radius 1 is 1.22 bits per heavy atom. The number of nitrogens with one attached hydrogen (secondary N) is 1. The third kappa shape index (κ3) is 4.37. The third-order valence-electron chi connectivity index (χ3n) is 3.02. The molecule has 23 heavy (non-hydrogen) atoms. The average Bonchev–Trinajstić information content (AvgIpc) is 2.54. The molecule has 0 bridgehead atoms. The Balaban J connectivity index is 2.18. The van der Waals surface area contributed by atoms with Crippen molar-refractivity contribution in [2.24, 2.45) is 0 Å². The fraction of sp³-hybridized carbons (Fsp3) is 0.133. The number of carbonyl (C=O) groups excluding carboxylic acids is 1. The van der Waals surface area contributed by atoms with Gasteiger partial charge in [0, 0.05) is 4.47 Å². The van der Waals surface area contributed by atoms with E-state index in [2.05, 4.69) is 20.7 Å². The highest BCUT2D eigenvalue weighted by Gasteiger charge is 2.19. The molecule has 0 saturated heterocycles. The van der Waals surface area contributed by atoms with E-state index in [9.17, 15) is 17.6 Å². The van der Waals surface area contributed by atoms with Crippen LogP contribution in [0, 0.1) is 5.82 Å². The van der Waals surface area contributed by atoms with Gasteiger partial charge in [-0.05, 0) is 42.9 Å². The summed E-state index contributed by atoms with van der Waals surface area (Å²) in [7, 11) is -2.55. The Morgan fingerprint density at radius 3 is 2.48 bits per heavy atom. The van der Waals surface area contributed by atoms with Crippen molar-refractivity contribution >= 4 is 31.9 Å². The van der Waals surface area contributed by atoms with E-state index < -0.39 is 27.4 Å². The Bertz CT molecular complexity index is 822. The van der Waals surface area contributed by atoms with Crippen molar-refractivity contribution in [1.29, 1.82) is 0 Å². The van der Waals surface area contributed by atoms with Gasteiger partial charge in [-0.15, -0.1) is 0 Å². The Hall–Kier alpha value is -1.77. The van der Waals surface area contributed by atoms with E-state index in [4.69, 9.17) is 4.74 Å². The molecule has 2 rings (SSSR count). The first-order valence-electron chi connectivity index (χ1n) is 6.48. The minimum Gasteiger partial charge on any atom is -0.457 e. The summed E-state index contributed by atoms with van der Waals surface area (Å²) in [4.78, 5) is 11.8. The van der Waals surface area contributed by atoms with Crippen LogP contribution in [0.2, 0.25) is 0 Å². The van der Waals surface area contributed by atoms with Gasteiger partial charge in [-0.3, -0.25) is 0 Å². The fourth-order valence-electron chi connectivity index (χ4n) is 1.75. The molecule has 0 saturated carbocycles. The molecule has 0 amide bonds.